The number of anilines is 2. The maximum atomic E-state index is 13.2. The van der Waals surface area contributed by atoms with Crippen LogP contribution in [0.4, 0.5) is 11.4 Å². The summed E-state index contributed by atoms with van der Waals surface area (Å²) in [5.74, 6) is -1.50. The fourth-order valence-corrected chi connectivity index (χ4v) is 4.97. The molecule has 0 atom stereocenters. The molecule has 0 saturated carbocycles. The maximum absolute atomic E-state index is 13.2. The molecule has 1 saturated heterocycles. The molecule has 2 heterocycles. The number of carbonyl (C=O) groups is 3. The van der Waals surface area contributed by atoms with Crippen LogP contribution in [0.15, 0.2) is 66.7 Å². The van der Waals surface area contributed by atoms with Crippen molar-refractivity contribution in [1.29, 1.82) is 0 Å². The topological polar surface area (TPSA) is 120 Å². The first-order valence-corrected chi connectivity index (χ1v) is 13.4. The number of morpholine rings is 1. The number of hydrogen-bond donors (Lipinski definition) is 4. The van der Waals surface area contributed by atoms with Crippen molar-refractivity contribution in [2.45, 2.75) is 13.3 Å². The van der Waals surface area contributed by atoms with Gasteiger partial charge in [0, 0.05) is 36.4 Å². The number of nitrogens with zero attached hydrogens (tertiary/aromatic N) is 1. The first-order valence-electron chi connectivity index (χ1n) is 13.4. The van der Waals surface area contributed by atoms with E-state index in [1.807, 2.05) is 30.3 Å². The van der Waals surface area contributed by atoms with E-state index in [0.29, 0.717) is 45.9 Å². The summed E-state index contributed by atoms with van der Waals surface area (Å²) in [6, 6.07) is 19.8. The van der Waals surface area contributed by atoms with E-state index in [1.54, 1.807) is 37.3 Å². The van der Waals surface area contributed by atoms with E-state index in [9.17, 15) is 19.5 Å². The summed E-state index contributed by atoms with van der Waals surface area (Å²) in [5.41, 5.74) is 4.84. The highest BCUT2D eigenvalue weighted by Crippen LogP contribution is 2.39. The molecular formula is C31H32N4O5. The van der Waals surface area contributed by atoms with Crippen molar-refractivity contribution >= 4 is 40.4 Å². The second kappa shape index (κ2) is 12.1. The molecule has 2 aliphatic rings. The molecule has 0 bridgehead atoms. The van der Waals surface area contributed by atoms with Crippen LogP contribution in [0.3, 0.4) is 0 Å². The van der Waals surface area contributed by atoms with Crippen molar-refractivity contribution in [3.05, 3.63) is 94.5 Å². The Morgan fingerprint density at radius 1 is 1.00 bits per heavy atom. The molecule has 40 heavy (non-hydrogen) atoms. The van der Waals surface area contributed by atoms with Gasteiger partial charge in [-0.1, -0.05) is 30.3 Å². The van der Waals surface area contributed by atoms with Crippen LogP contribution in [0, 0.1) is 6.92 Å². The van der Waals surface area contributed by atoms with E-state index in [0.717, 1.165) is 44.8 Å². The first kappa shape index (κ1) is 27.1. The number of ether oxygens (including phenoxy) is 1. The predicted molar refractivity (Wildman–Crippen MR) is 154 cm³/mol. The number of benzene rings is 3. The molecule has 1 fully saturated rings. The number of amides is 2. The third kappa shape index (κ3) is 6.06. The molecule has 0 aliphatic carbocycles. The molecule has 206 valence electrons. The number of carbonyl (C=O) groups excluding carboxylic acids is 2. The zero-order chi connectivity index (χ0) is 28.1. The van der Waals surface area contributed by atoms with Crippen LogP contribution in [-0.4, -0.2) is 67.2 Å². The van der Waals surface area contributed by atoms with Crippen LogP contribution in [0.5, 0.6) is 0 Å². The molecule has 0 radical (unpaired) electrons. The van der Waals surface area contributed by atoms with Crippen LogP contribution in [0.2, 0.25) is 0 Å². The first-order chi connectivity index (χ1) is 19.4. The van der Waals surface area contributed by atoms with Gasteiger partial charge in [0.05, 0.1) is 35.7 Å². The lowest BCUT2D eigenvalue weighted by Gasteiger charge is -2.26. The largest absolute Gasteiger partial charge is 0.478 e. The Morgan fingerprint density at radius 2 is 1.73 bits per heavy atom. The summed E-state index contributed by atoms with van der Waals surface area (Å²) in [5, 5.41) is 18.7. The van der Waals surface area contributed by atoms with E-state index < -0.39 is 5.97 Å². The average molecular weight is 541 g/mol. The van der Waals surface area contributed by atoms with Gasteiger partial charge in [0.15, 0.2) is 0 Å². The second-order valence-corrected chi connectivity index (χ2v) is 9.85. The minimum atomic E-state index is -1.05. The predicted octanol–water partition coefficient (Wildman–Crippen LogP) is 4.08. The highest BCUT2D eigenvalue weighted by molar-refractivity contribution is 6.37. The molecule has 3 aromatic carbocycles. The summed E-state index contributed by atoms with van der Waals surface area (Å²) in [4.78, 5) is 39.8. The zero-order valence-corrected chi connectivity index (χ0v) is 22.3. The molecule has 0 unspecified atom stereocenters. The molecule has 2 aliphatic heterocycles. The number of carboxylic acid groups (broad SMARTS) is 1. The van der Waals surface area contributed by atoms with Crippen LogP contribution in [0.25, 0.3) is 11.3 Å². The van der Waals surface area contributed by atoms with Crippen LogP contribution < -0.4 is 16.0 Å². The SMILES string of the molecule is Cc1cc2c(cc1C(=O)O)NC(=O)/C2=C(\Nc1ccc(C(=O)NCCCN2CCOCC2)cc1)c1ccccc1. The summed E-state index contributed by atoms with van der Waals surface area (Å²) in [6.45, 7) is 6.62. The van der Waals surface area contributed by atoms with E-state index in [1.165, 1.54) is 6.07 Å². The van der Waals surface area contributed by atoms with Gasteiger partial charge in [0.25, 0.3) is 11.8 Å². The van der Waals surface area contributed by atoms with Gasteiger partial charge >= 0.3 is 5.97 Å². The average Bonchev–Trinajstić information content (AvgIpc) is 3.28. The maximum Gasteiger partial charge on any atom is 0.336 e. The number of aryl methyl sites for hydroxylation is 1. The van der Waals surface area contributed by atoms with Crippen LogP contribution in [-0.2, 0) is 9.53 Å². The van der Waals surface area contributed by atoms with Gasteiger partial charge in [0.1, 0.15) is 0 Å². The standard InChI is InChI=1S/C31H32N4O5/c1-20-18-25-26(19-24(20)31(38)39)34-30(37)27(25)28(21-6-3-2-4-7-21)33-23-10-8-22(9-11-23)29(36)32-12-5-13-35-14-16-40-17-15-35/h2-4,6-11,18-19,33H,5,12-17H2,1H3,(H,32,36)(H,34,37)(H,38,39)/b28-27-. The number of fused-ring (bicyclic) bond motifs is 1. The van der Waals surface area contributed by atoms with Gasteiger partial charge in [-0.2, -0.15) is 0 Å². The van der Waals surface area contributed by atoms with Crippen LogP contribution >= 0.6 is 0 Å². The van der Waals surface area contributed by atoms with Crippen molar-refractivity contribution in [3.8, 4) is 0 Å². The Hall–Kier alpha value is -4.47. The smallest absolute Gasteiger partial charge is 0.336 e. The Morgan fingerprint density at radius 3 is 2.42 bits per heavy atom. The molecular weight excluding hydrogens is 508 g/mol. The van der Waals surface area contributed by atoms with E-state index in [2.05, 4.69) is 20.9 Å². The summed E-state index contributed by atoms with van der Waals surface area (Å²) in [6.07, 6.45) is 0.871. The van der Waals surface area contributed by atoms with Crippen molar-refractivity contribution in [1.82, 2.24) is 10.2 Å². The Kier molecular flexibility index (Phi) is 8.23. The third-order valence-electron chi connectivity index (χ3n) is 7.11. The van der Waals surface area contributed by atoms with Crippen LogP contribution in [0.1, 0.15) is 43.8 Å². The molecule has 9 nitrogen and oxygen atoms in total. The summed E-state index contributed by atoms with van der Waals surface area (Å²) >= 11 is 0. The Labute approximate surface area is 232 Å². The van der Waals surface area contributed by atoms with E-state index in [4.69, 9.17) is 4.74 Å². The molecule has 0 aromatic heterocycles. The van der Waals surface area contributed by atoms with E-state index in [-0.39, 0.29) is 17.4 Å². The molecule has 9 heteroatoms. The van der Waals surface area contributed by atoms with Gasteiger partial charge in [-0.25, -0.2) is 4.79 Å². The summed E-state index contributed by atoms with van der Waals surface area (Å²) in [7, 11) is 0. The fourth-order valence-electron chi connectivity index (χ4n) is 4.97. The Bertz CT molecular complexity index is 1440. The Balaban J connectivity index is 1.34. The van der Waals surface area contributed by atoms with Gasteiger partial charge in [-0.3, -0.25) is 14.5 Å². The lowest BCUT2D eigenvalue weighted by Crippen LogP contribution is -2.38. The number of hydrogen-bond acceptors (Lipinski definition) is 6. The molecule has 5 rings (SSSR count). The highest BCUT2D eigenvalue weighted by Gasteiger charge is 2.30. The second-order valence-electron chi connectivity index (χ2n) is 9.85. The number of nitrogens with one attached hydrogen (secondary N) is 3. The monoisotopic (exact) mass is 540 g/mol. The van der Waals surface area contributed by atoms with Crippen molar-refractivity contribution in [2.75, 3.05) is 50.0 Å². The van der Waals surface area contributed by atoms with Crippen molar-refractivity contribution < 1.29 is 24.2 Å². The number of rotatable bonds is 9. The van der Waals surface area contributed by atoms with Crippen molar-refractivity contribution in [3.63, 3.8) is 0 Å². The van der Waals surface area contributed by atoms with Gasteiger partial charge in [-0.05, 0) is 67.4 Å². The van der Waals surface area contributed by atoms with Crippen molar-refractivity contribution in [2.24, 2.45) is 0 Å². The lowest BCUT2D eigenvalue weighted by molar-refractivity contribution is -0.110. The quantitative estimate of drug-likeness (QED) is 0.239. The number of aromatic carboxylic acids is 1. The lowest BCUT2D eigenvalue weighted by atomic mass is 9.96. The number of carboxylic acids is 1. The molecule has 4 N–H and O–H groups in total. The van der Waals surface area contributed by atoms with Gasteiger partial charge in [-0.15, -0.1) is 0 Å². The van der Waals surface area contributed by atoms with Gasteiger partial charge in [0.2, 0.25) is 0 Å². The normalized spacial score (nSPS) is 16.2. The third-order valence-corrected chi connectivity index (χ3v) is 7.11. The molecule has 3 aromatic rings. The highest BCUT2D eigenvalue weighted by atomic mass is 16.5. The molecule has 2 amide bonds. The van der Waals surface area contributed by atoms with Gasteiger partial charge < -0.3 is 25.8 Å². The minimum absolute atomic E-state index is 0.135. The minimum Gasteiger partial charge on any atom is -0.478 e. The fraction of sp³-hybridized carbons (Fsp3) is 0.258. The molecule has 0 spiro atoms. The van der Waals surface area contributed by atoms with E-state index >= 15 is 0 Å². The summed E-state index contributed by atoms with van der Waals surface area (Å²) < 4.78 is 5.37. The zero-order valence-electron chi connectivity index (χ0n) is 22.3.